The van der Waals surface area contributed by atoms with E-state index in [1.807, 2.05) is 0 Å². The van der Waals surface area contributed by atoms with Gasteiger partial charge in [-0.3, -0.25) is 19.9 Å². The summed E-state index contributed by atoms with van der Waals surface area (Å²) in [6, 6.07) is 7.94. The highest BCUT2D eigenvalue weighted by molar-refractivity contribution is 6.08. The zero-order valence-electron chi connectivity index (χ0n) is 20.4. The number of carbonyl (C=O) groups excluding carboxylic acids is 4. The minimum Gasteiger partial charge on any atom is -0.453 e. The average Bonchev–Trinajstić information content (AvgIpc) is 2.79. The van der Waals surface area contributed by atoms with E-state index in [-0.39, 0.29) is 18.6 Å². The fourth-order valence-electron chi connectivity index (χ4n) is 3.59. The Balaban J connectivity index is 2.06. The number of hydrogen-bond donors (Lipinski definition) is 3. The third-order valence-electron chi connectivity index (χ3n) is 5.40. The summed E-state index contributed by atoms with van der Waals surface area (Å²) in [6.07, 6.45) is 0.615. The van der Waals surface area contributed by atoms with Crippen LogP contribution in [-0.2, 0) is 19.1 Å². The number of carbonyl (C=O) groups is 4. The number of ketones is 1. The van der Waals surface area contributed by atoms with Gasteiger partial charge >= 0.3 is 12.2 Å². The second-order valence-corrected chi connectivity index (χ2v) is 9.26. The van der Waals surface area contributed by atoms with E-state index in [1.54, 1.807) is 57.3 Å². The summed E-state index contributed by atoms with van der Waals surface area (Å²) >= 11 is 0. The predicted molar refractivity (Wildman–Crippen MR) is 130 cm³/mol. The van der Waals surface area contributed by atoms with Crippen LogP contribution in [0.15, 0.2) is 36.5 Å². The molecule has 0 radical (unpaired) electrons. The van der Waals surface area contributed by atoms with Gasteiger partial charge in [-0.15, -0.1) is 0 Å². The van der Waals surface area contributed by atoms with Crippen LogP contribution in [-0.4, -0.2) is 41.6 Å². The van der Waals surface area contributed by atoms with Crippen molar-refractivity contribution in [2.45, 2.75) is 52.2 Å². The molecule has 35 heavy (non-hydrogen) atoms. The second-order valence-electron chi connectivity index (χ2n) is 9.26. The summed E-state index contributed by atoms with van der Waals surface area (Å²) in [6.45, 7) is 6.82. The van der Waals surface area contributed by atoms with Gasteiger partial charge in [0.05, 0.1) is 30.5 Å². The number of pyridine rings is 1. The van der Waals surface area contributed by atoms with Crippen molar-refractivity contribution >= 4 is 35.3 Å². The molecular formula is C25H30N4O6. The zero-order valence-corrected chi connectivity index (χ0v) is 20.4. The first kappa shape index (κ1) is 25.7. The van der Waals surface area contributed by atoms with Crippen LogP contribution >= 0.6 is 0 Å². The number of Topliss-reactive ketones (excluding diaryl/α,β-unsaturated/α-hetero) is 1. The van der Waals surface area contributed by atoms with Crippen molar-refractivity contribution in [1.82, 2.24) is 10.3 Å². The van der Waals surface area contributed by atoms with Crippen LogP contribution in [0.1, 0.15) is 52.3 Å². The molecule has 3 N–H and O–H groups in total. The van der Waals surface area contributed by atoms with E-state index in [9.17, 15) is 19.2 Å². The highest BCUT2D eigenvalue weighted by Gasteiger charge is 2.27. The fourth-order valence-corrected chi connectivity index (χ4v) is 3.59. The second kappa shape index (κ2) is 10.5. The summed E-state index contributed by atoms with van der Waals surface area (Å²) < 4.78 is 10.0. The molecule has 1 aliphatic heterocycles. The monoisotopic (exact) mass is 482 g/mol. The Morgan fingerprint density at radius 3 is 2.54 bits per heavy atom. The molecule has 1 aromatic heterocycles. The van der Waals surface area contributed by atoms with E-state index < -0.39 is 35.7 Å². The quantitative estimate of drug-likeness (QED) is 0.539. The van der Waals surface area contributed by atoms with Crippen LogP contribution < -0.4 is 16.0 Å². The molecule has 186 valence electrons. The van der Waals surface area contributed by atoms with Gasteiger partial charge in [0.1, 0.15) is 11.4 Å². The minimum absolute atomic E-state index is 0.0533. The number of benzene rings is 1. The van der Waals surface area contributed by atoms with E-state index >= 15 is 0 Å². The number of aromatic nitrogens is 1. The number of rotatable bonds is 2. The van der Waals surface area contributed by atoms with Gasteiger partial charge in [-0.05, 0) is 63.9 Å². The maximum absolute atomic E-state index is 12.9. The van der Waals surface area contributed by atoms with Crippen molar-refractivity contribution in [3.8, 4) is 11.1 Å². The van der Waals surface area contributed by atoms with Gasteiger partial charge in [-0.1, -0.05) is 6.07 Å². The molecule has 0 aliphatic carbocycles. The van der Waals surface area contributed by atoms with Gasteiger partial charge in [0.2, 0.25) is 5.91 Å². The molecule has 0 saturated heterocycles. The Bertz CT molecular complexity index is 1140. The summed E-state index contributed by atoms with van der Waals surface area (Å²) in [5.41, 5.74) is 2.03. The van der Waals surface area contributed by atoms with Crippen LogP contribution in [0.3, 0.4) is 0 Å². The Labute approximate surface area is 203 Å². The molecule has 1 aliphatic rings. The topological polar surface area (TPSA) is 136 Å². The first-order valence-electron chi connectivity index (χ1n) is 11.3. The number of anilines is 2. The number of fused-ring (bicyclic) bond motifs is 4. The molecule has 0 unspecified atom stereocenters. The lowest BCUT2D eigenvalue weighted by atomic mass is 9.94. The number of hydrogen-bond acceptors (Lipinski definition) is 7. The Kier molecular flexibility index (Phi) is 7.73. The molecule has 10 heteroatoms. The van der Waals surface area contributed by atoms with Crippen molar-refractivity contribution in [2.75, 3.05) is 17.7 Å². The standard InChI is InChI=1S/C25H30N4O6/c1-14-21(30)9-8-18(29-24(33)35-25(2,3)4)20-12-15(10-11-26-20)17-7-6-16(27-23(32)34-5)13-19(17)28-22(14)31/h6-7,10-14,18H,8-9H2,1-5H3,(H,27,32)(H,28,31)(H,29,33)/t14-,18+/m1/s1. The van der Waals surface area contributed by atoms with Crippen LogP contribution in [0.25, 0.3) is 11.1 Å². The lowest BCUT2D eigenvalue weighted by Gasteiger charge is -2.24. The van der Waals surface area contributed by atoms with Gasteiger partial charge < -0.3 is 20.1 Å². The molecule has 3 rings (SSSR count). The Hall–Kier alpha value is -3.95. The number of nitrogens with zero attached hydrogens (tertiary/aromatic N) is 1. The number of ether oxygens (including phenoxy) is 2. The Morgan fingerprint density at radius 2 is 1.86 bits per heavy atom. The molecule has 2 bridgehead atoms. The van der Waals surface area contributed by atoms with E-state index in [4.69, 9.17) is 4.74 Å². The number of amides is 3. The molecule has 0 fully saturated rings. The van der Waals surface area contributed by atoms with Gasteiger partial charge in [-0.2, -0.15) is 0 Å². The van der Waals surface area contributed by atoms with Crippen molar-refractivity contribution in [3.05, 3.63) is 42.2 Å². The van der Waals surface area contributed by atoms with Crippen molar-refractivity contribution < 1.29 is 28.7 Å². The molecule has 1 aromatic carbocycles. The number of methoxy groups -OCH3 is 1. The zero-order chi connectivity index (χ0) is 25.8. The highest BCUT2D eigenvalue weighted by Crippen LogP contribution is 2.33. The first-order valence-corrected chi connectivity index (χ1v) is 11.3. The van der Waals surface area contributed by atoms with Gasteiger partial charge in [-0.25, -0.2) is 9.59 Å². The molecule has 0 spiro atoms. The normalized spacial score (nSPS) is 18.2. The molecule has 10 nitrogen and oxygen atoms in total. The SMILES string of the molecule is COC(=O)Nc1ccc2c(c1)NC(=O)[C@H](C)C(=O)CC[C@H](NC(=O)OC(C)(C)C)c1cc-2ccn1. The molecule has 3 amide bonds. The highest BCUT2D eigenvalue weighted by atomic mass is 16.6. The van der Waals surface area contributed by atoms with Crippen LogP contribution in [0.4, 0.5) is 21.0 Å². The third kappa shape index (κ3) is 6.78. The van der Waals surface area contributed by atoms with E-state index in [1.165, 1.54) is 14.0 Å². The van der Waals surface area contributed by atoms with E-state index in [2.05, 4.69) is 25.7 Å². The molecular weight excluding hydrogens is 452 g/mol. The molecule has 2 heterocycles. The van der Waals surface area contributed by atoms with E-state index in [0.29, 0.717) is 22.6 Å². The summed E-state index contributed by atoms with van der Waals surface area (Å²) in [5, 5.41) is 8.18. The fraction of sp³-hybridized carbons (Fsp3) is 0.400. The summed E-state index contributed by atoms with van der Waals surface area (Å²) in [5.74, 6) is -1.67. The maximum atomic E-state index is 12.9. The third-order valence-corrected chi connectivity index (χ3v) is 5.40. The smallest absolute Gasteiger partial charge is 0.411 e. The van der Waals surface area contributed by atoms with Crippen molar-refractivity contribution in [2.24, 2.45) is 5.92 Å². The largest absolute Gasteiger partial charge is 0.453 e. The Morgan fingerprint density at radius 1 is 1.11 bits per heavy atom. The van der Waals surface area contributed by atoms with Gasteiger partial charge in [0.25, 0.3) is 0 Å². The van der Waals surface area contributed by atoms with Gasteiger partial charge in [0, 0.05) is 23.9 Å². The molecule has 0 saturated carbocycles. The molecule has 2 aromatic rings. The lowest BCUT2D eigenvalue weighted by Crippen LogP contribution is -2.36. The maximum Gasteiger partial charge on any atom is 0.411 e. The predicted octanol–water partition coefficient (Wildman–Crippen LogP) is 4.43. The molecule has 2 atom stereocenters. The van der Waals surface area contributed by atoms with Crippen LogP contribution in [0, 0.1) is 5.92 Å². The van der Waals surface area contributed by atoms with Gasteiger partial charge in [0.15, 0.2) is 0 Å². The summed E-state index contributed by atoms with van der Waals surface area (Å²) in [7, 11) is 1.25. The van der Waals surface area contributed by atoms with Crippen molar-refractivity contribution in [3.63, 3.8) is 0 Å². The lowest BCUT2D eigenvalue weighted by molar-refractivity contribution is -0.130. The van der Waals surface area contributed by atoms with Crippen LogP contribution in [0.2, 0.25) is 0 Å². The minimum atomic E-state index is -0.923. The number of nitrogens with one attached hydrogen (secondary N) is 3. The number of alkyl carbamates (subject to hydrolysis) is 1. The van der Waals surface area contributed by atoms with E-state index in [0.717, 1.165) is 5.56 Å². The average molecular weight is 483 g/mol. The van der Waals surface area contributed by atoms with Crippen LogP contribution in [0.5, 0.6) is 0 Å². The summed E-state index contributed by atoms with van der Waals surface area (Å²) in [4.78, 5) is 54.2. The first-order chi connectivity index (χ1) is 16.5. The van der Waals surface area contributed by atoms with Crippen molar-refractivity contribution in [1.29, 1.82) is 0 Å².